The van der Waals surface area contributed by atoms with Crippen LogP contribution >= 0.6 is 0 Å². The van der Waals surface area contributed by atoms with E-state index in [9.17, 15) is 4.79 Å². The van der Waals surface area contributed by atoms with Crippen molar-refractivity contribution in [1.29, 1.82) is 0 Å². The molecule has 0 bridgehead atoms. The van der Waals surface area contributed by atoms with E-state index in [1.807, 2.05) is 42.2 Å². The highest BCUT2D eigenvalue weighted by Gasteiger charge is 2.31. The van der Waals surface area contributed by atoms with Crippen molar-refractivity contribution in [2.45, 2.75) is 45.1 Å². The molecule has 1 aromatic carbocycles. The Morgan fingerprint density at radius 3 is 2.78 bits per heavy atom. The molecule has 7 heteroatoms. The number of aromatic nitrogens is 3. The van der Waals surface area contributed by atoms with Crippen LogP contribution in [0, 0.1) is 6.92 Å². The fourth-order valence-corrected chi connectivity index (χ4v) is 3.50. The minimum Gasteiger partial charge on any atom is -0.361 e. The highest BCUT2D eigenvalue weighted by Crippen LogP contribution is 2.30. The molecule has 3 aromatic rings. The summed E-state index contributed by atoms with van der Waals surface area (Å²) in [4.78, 5) is 19.4. The maximum absolute atomic E-state index is 12.9. The van der Waals surface area contributed by atoms with Crippen LogP contribution in [0.2, 0.25) is 0 Å². The van der Waals surface area contributed by atoms with E-state index in [1.165, 1.54) is 0 Å². The molecule has 1 atom stereocenters. The van der Waals surface area contributed by atoms with Gasteiger partial charge in [0.2, 0.25) is 5.91 Å². The van der Waals surface area contributed by atoms with Crippen molar-refractivity contribution in [3.63, 3.8) is 0 Å². The molecule has 0 unspecified atom stereocenters. The summed E-state index contributed by atoms with van der Waals surface area (Å²) in [6.07, 6.45) is 4.15. The third kappa shape index (κ3) is 3.92. The van der Waals surface area contributed by atoms with Gasteiger partial charge in [0, 0.05) is 18.2 Å². The first-order chi connectivity index (χ1) is 13.2. The van der Waals surface area contributed by atoms with Gasteiger partial charge in [0.05, 0.1) is 18.2 Å². The second-order valence-corrected chi connectivity index (χ2v) is 6.88. The molecule has 1 amide bonds. The van der Waals surface area contributed by atoms with E-state index in [4.69, 9.17) is 9.05 Å². The van der Waals surface area contributed by atoms with Crippen LogP contribution in [0.1, 0.15) is 49.0 Å². The molecule has 0 N–H and O–H groups in total. The van der Waals surface area contributed by atoms with Crippen LogP contribution in [-0.2, 0) is 11.2 Å². The molecule has 1 saturated heterocycles. The van der Waals surface area contributed by atoms with Crippen LogP contribution in [0.4, 0.5) is 0 Å². The predicted octanol–water partition coefficient (Wildman–Crippen LogP) is 3.72. The maximum Gasteiger partial charge on any atom is 0.257 e. The molecular formula is C20H22N4O3. The monoisotopic (exact) mass is 366 g/mol. The zero-order chi connectivity index (χ0) is 18.6. The van der Waals surface area contributed by atoms with E-state index in [1.54, 1.807) is 6.07 Å². The number of carbonyl (C=O) groups is 1. The lowest BCUT2D eigenvalue weighted by Gasteiger charge is -2.27. The van der Waals surface area contributed by atoms with Crippen molar-refractivity contribution in [3.8, 4) is 11.5 Å². The van der Waals surface area contributed by atoms with Gasteiger partial charge in [-0.2, -0.15) is 4.98 Å². The minimum atomic E-state index is -0.172. The quantitative estimate of drug-likeness (QED) is 0.699. The maximum atomic E-state index is 12.9. The molecule has 0 aliphatic carbocycles. The lowest BCUT2D eigenvalue weighted by Crippen LogP contribution is -2.36. The number of hydrogen-bond donors (Lipinski definition) is 0. The number of amides is 1. The molecule has 0 saturated carbocycles. The molecule has 4 rings (SSSR count). The fourth-order valence-electron chi connectivity index (χ4n) is 3.50. The summed E-state index contributed by atoms with van der Waals surface area (Å²) in [5, 5.41) is 8.13. The van der Waals surface area contributed by atoms with Crippen molar-refractivity contribution in [1.82, 2.24) is 20.2 Å². The van der Waals surface area contributed by atoms with Gasteiger partial charge in [-0.3, -0.25) is 4.79 Å². The van der Waals surface area contributed by atoms with E-state index in [0.717, 1.165) is 31.2 Å². The van der Waals surface area contributed by atoms with Crippen LogP contribution in [0.3, 0.4) is 0 Å². The SMILES string of the molecule is Cc1cc(CC(=O)N2CCCCC[C@@H]2c2noc(-c3ccccc3)n2)no1. The van der Waals surface area contributed by atoms with Gasteiger partial charge in [0.15, 0.2) is 5.82 Å². The van der Waals surface area contributed by atoms with Crippen LogP contribution in [0.15, 0.2) is 45.4 Å². The first kappa shape index (κ1) is 17.5. The third-order valence-electron chi connectivity index (χ3n) is 4.84. The van der Waals surface area contributed by atoms with Crippen LogP contribution < -0.4 is 0 Å². The summed E-state index contributed by atoms with van der Waals surface area (Å²) in [5.41, 5.74) is 1.53. The second kappa shape index (κ2) is 7.73. The minimum absolute atomic E-state index is 0.0151. The van der Waals surface area contributed by atoms with Crippen LogP contribution in [0.25, 0.3) is 11.5 Å². The van der Waals surface area contributed by atoms with Crippen molar-refractivity contribution in [2.24, 2.45) is 0 Å². The Labute approximate surface area is 157 Å². The Kier molecular flexibility index (Phi) is 5.00. The lowest BCUT2D eigenvalue weighted by atomic mass is 10.1. The predicted molar refractivity (Wildman–Crippen MR) is 97.6 cm³/mol. The van der Waals surface area contributed by atoms with Crippen LogP contribution in [0.5, 0.6) is 0 Å². The smallest absolute Gasteiger partial charge is 0.257 e. The highest BCUT2D eigenvalue weighted by molar-refractivity contribution is 5.78. The number of carbonyl (C=O) groups excluding carboxylic acids is 1. The fraction of sp³-hybridized carbons (Fsp3) is 0.400. The standard InChI is InChI=1S/C20H22N4O3/c1-14-12-16(22-26-14)13-18(25)24-11-7-3-6-10-17(24)19-21-20(27-23-19)15-8-4-2-5-9-15/h2,4-5,8-9,12,17H,3,6-7,10-11,13H2,1H3/t17-/m1/s1. The Balaban J connectivity index is 1.57. The molecule has 1 aliphatic rings. The first-order valence-electron chi connectivity index (χ1n) is 9.31. The Bertz CT molecular complexity index is 903. The zero-order valence-electron chi connectivity index (χ0n) is 15.3. The van der Waals surface area contributed by atoms with Gasteiger partial charge < -0.3 is 13.9 Å². The topological polar surface area (TPSA) is 85.3 Å². The van der Waals surface area contributed by atoms with Gasteiger partial charge in [0.25, 0.3) is 5.89 Å². The van der Waals surface area contributed by atoms with Gasteiger partial charge in [0.1, 0.15) is 5.76 Å². The van der Waals surface area contributed by atoms with E-state index in [-0.39, 0.29) is 18.4 Å². The van der Waals surface area contributed by atoms with Gasteiger partial charge in [-0.25, -0.2) is 0 Å². The third-order valence-corrected chi connectivity index (χ3v) is 4.84. The summed E-state index contributed by atoms with van der Waals surface area (Å²) >= 11 is 0. The van der Waals surface area contributed by atoms with Gasteiger partial charge in [-0.1, -0.05) is 41.4 Å². The zero-order valence-corrected chi connectivity index (χ0v) is 15.3. The first-order valence-corrected chi connectivity index (χ1v) is 9.31. The second-order valence-electron chi connectivity index (χ2n) is 6.88. The normalized spacial score (nSPS) is 17.7. The highest BCUT2D eigenvalue weighted by atomic mass is 16.5. The average Bonchev–Trinajstić information content (AvgIpc) is 3.25. The molecule has 27 heavy (non-hydrogen) atoms. The molecule has 0 radical (unpaired) electrons. The summed E-state index contributed by atoms with van der Waals surface area (Å²) in [7, 11) is 0. The number of benzene rings is 1. The average molecular weight is 366 g/mol. The van der Waals surface area contributed by atoms with E-state index in [0.29, 0.717) is 29.7 Å². The summed E-state index contributed by atoms with van der Waals surface area (Å²) in [6.45, 7) is 2.51. The van der Waals surface area contributed by atoms with Crippen molar-refractivity contribution in [3.05, 3.63) is 53.7 Å². The summed E-state index contributed by atoms with van der Waals surface area (Å²) < 4.78 is 10.5. The molecular weight excluding hydrogens is 344 g/mol. The van der Waals surface area contributed by atoms with Gasteiger partial charge >= 0.3 is 0 Å². The molecule has 7 nitrogen and oxygen atoms in total. The largest absolute Gasteiger partial charge is 0.361 e. The number of hydrogen-bond acceptors (Lipinski definition) is 6. The number of nitrogens with zero attached hydrogens (tertiary/aromatic N) is 4. The van der Waals surface area contributed by atoms with E-state index >= 15 is 0 Å². The van der Waals surface area contributed by atoms with Crippen molar-refractivity contribution < 1.29 is 13.8 Å². The summed E-state index contributed by atoms with van der Waals surface area (Å²) in [6, 6.07) is 11.3. The van der Waals surface area contributed by atoms with Gasteiger partial charge in [-0.05, 0) is 31.9 Å². The molecule has 3 heterocycles. The van der Waals surface area contributed by atoms with Crippen molar-refractivity contribution >= 4 is 5.91 Å². The Morgan fingerprint density at radius 2 is 2.00 bits per heavy atom. The molecule has 1 aliphatic heterocycles. The lowest BCUT2D eigenvalue weighted by molar-refractivity contribution is -0.133. The Hall–Kier alpha value is -2.96. The number of aryl methyl sites for hydroxylation is 1. The van der Waals surface area contributed by atoms with E-state index in [2.05, 4.69) is 15.3 Å². The van der Waals surface area contributed by atoms with Gasteiger partial charge in [-0.15, -0.1) is 0 Å². The Morgan fingerprint density at radius 1 is 1.15 bits per heavy atom. The molecule has 2 aromatic heterocycles. The summed E-state index contributed by atoms with van der Waals surface area (Å²) in [5.74, 6) is 1.77. The molecule has 0 spiro atoms. The molecule has 1 fully saturated rings. The number of rotatable bonds is 4. The van der Waals surface area contributed by atoms with Crippen LogP contribution in [-0.4, -0.2) is 32.6 Å². The van der Waals surface area contributed by atoms with E-state index < -0.39 is 0 Å². The number of likely N-dealkylation sites (tertiary alicyclic amines) is 1. The molecule has 140 valence electrons. The van der Waals surface area contributed by atoms with Crippen molar-refractivity contribution in [2.75, 3.05) is 6.54 Å².